The van der Waals surface area contributed by atoms with Crippen molar-refractivity contribution in [3.8, 4) is 0 Å². The van der Waals surface area contributed by atoms with Crippen molar-refractivity contribution in [3.63, 3.8) is 0 Å². The van der Waals surface area contributed by atoms with E-state index in [0.717, 1.165) is 0 Å². The van der Waals surface area contributed by atoms with Crippen molar-refractivity contribution in [2.24, 2.45) is 5.73 Å². The van der Waals surface area contributed by atoms with Gasteiger partial charge >= 0.3 is 0 Å². The van der Waals surface area contributed by atoms with E-state index in [1.807, 2.05) is 0 Å². The first-order chi connectivity index (χ1) is 7.41. The Balaban J connectivity index is 3.39. The molecule has 0 unspecified atom stereocenters. The fraction of sp³-hybridized carbons (Fsp3) is 0.333. The summed E-state index contributed by atoms with van der Waals surface area (Å²) in [5.41, 5.74) is 4.09. The first-order valence-corrected chi connectivity index (χ1v) is 4.29. The lowest BCUT2D eigenvalue weighted by Gasteiger charge is -2.13. The minimum Gasteiger partial charge on any atom is -0.396 e. The van der Waals surface area contributed by atoms with Gasteiger partial charge in [0.15, 0.2) is 23.3 Å². The molecule has 0 fully saturated rings. The van der Waals surface area contributed by atoms with E-state index in [2.05, 4.69) is 0 Å². The van der Waals surface area contributed by atoms with Crippen LogP contribution in [0.4, 0.5) is 22.0 Å². The molecule has 0 bridgehead atoms. The number of nitrogens with two attached hydrogens (primary N) is 1. The first kappa shape index (κ1) is 12.9. The maximum Gasteiger partial charge on any atom is 0.200 e. The molecule has 0 spiro atoms. The van der Waals surface area contributed by atoms with E-state index in [9.17, 15) is 22.0 Å². The highest BCUT2D eigenvalue weighted by atomic mass is 19.2. The van der Waals surface area contributed by atoms with Crippen LogP contribution in [0.3, 0.4) is 0 Å². The van der Waals surface area contributed by atoms with E-state index in [0.29, 0.717) is 0 Å². The minimum atomic E-state index is -2.23. The summed E-state index contributed by atoms with van der Waals surface area (Å²) in [6, 6.07) is -1.45. The Hall–Kier alpha value is -1.21. The third-order valence-electron chi connectivity index (χ3n) is 2.05. The topological polar surface area (TPSA) is 46.2 Å². The fourth-order valence-electron chi connectivity index (χ4n) is 1.23. The van der Waals surface area contributed by atoms with E-state index in [4.69, 9.17) is 10.8 Å². The van der Waals surface area contributed by atoms with Gasteiger partial charge in [-0.05, 0) is 6.42 Å². The molecule has 0 saturated heterocycles. The summed E-state index contributed by atoms with van der Waals surface area (Å²) in [6.07, 6.45) is -0.307. The molecule has 0 aliphatic carbocycles. The zero-order valence-electron chi connectivity index (χ0n) is 7.91. The Morgan fingerprint density at radius 1 is 0.875 bits per heavy atom. The fourth-order valence-corrected chi connectivity index (χ4v) is 1.23. The third kappa shape index (κ3) is 2.00. The van der Waals surface area contributed by atoms with Gasteiger partial charge in [0.05, 0.1) is 0 Å². The standard InChI is InChI=1S/C9H8F5NO/c10-5-4(3(15)1-2-16)6(11)8(13)9(14)7(5)12/h3,16H,1-2,15H2/t3-/m0/s1. The SMILES string of the molecule is N[C@@H](CCO)c1c(F)c(F)c(F)c(F)c1F. The van der Waals surface area contributed by atoms with Crippen molar-refractivity contribution < 1.29 is 27.1 Å². The Kier molecular flexibility index (Phi) is 3.82. The monoisotopic (exact) mass is 241 g/mol. The van der Waals surface area contributed by atoms with Crippen LogP contribution in [0.15, 0.2) is 0 Å². The first-order valence-electron chi connectivity index (χ1n) is 4.29. The average Bonchev–Trinajstić information content (AvgIpc) is 2.24. The molecular formula is C9H8F5NO. The molecule has 1 aromatic rings. The Morgan fingerprint density at radius 2 is 1.25 bits per heavy atom. The normalized spacial score (nSPS) is 12.9. The predicted molar refractivity (Wildman–Crippen MR) is 44.9 cm³/mol. The lowest BCUT2D eigenvalue weighted by Crippen LogP contribution is -2.19. The quantitative estimate of drug-likeness (QED) is 0.481. The van der Waals surface area contributed by atoms with Crippen molar-refractivity contribution >= 4 is 0 Å². The van der Waals surface area contributed by atoms with Crippen molar-refractivity contribution in [2.75, 3.05) is 6.61 Å². The van der Waals surface area contributed by atoms with Crippen LogP contribution < -0.4 is 5.73 Å². The van der Waals surface area contributed by atoms with Crippen molar-refractivity contribution in [1.29, 1.82) is 0 Å². The van der Waals surface area contributed by atoms with Crippen LogP contribution in [0.25, 0.3) is 0 Å². The van der Waals surface area contributed by atoms with Gasteiger partial charge in [0.2, 0.25) is 5.82 Å². The van der Waals surface area contributed by atoms with E-state index in [1.165, 1.54) is 0 Å². The lowest BCUT2D eigenvalue weighted by molar-refractivity contribution is 0.271. The molecule has 0 aliphatic rings. The van der Waals surface area contributed by atoms with E-state index in [-0.39, 0.29) is 6.42 Å². The minimum absolute atomic E-state index is 0.307. The molecule has 2 nitrogen and oxygen atoms in total. The number of halogens is 5. The lowest BCUT2D eigenvalue weighted by atomic mass is 10.0. The maximum absolute atomic E-state index is 13.1. The van der Waals surface area contributed by atoms with Gasteiger partial charge in [0.25, 0.3) is 0 Å². The predicted octanol–water partition coefficient (Wildman–Crippen LogP) is 1.76. The van der Waals surface area contributed by atoms with E-state index >= 15 is 0 Å². The zero-order valence-corrected chi connectivity index (χ0v) is 7.91. The molecule has 0 saturated carbocycles. The van der Waals surface area contributed by atoms with Gasteiger partial charge in [-0.15, -0.1) is 0 Å². The van der Waals surface area contributed by atoms with Crippen LogP contribution in [0.1, 0.15) is 18.0 Å². The Morgan fingerprint density at radius 3 is 1.62 bits per heavy atom. The highest BCUT2D eigenvalue weighted by Gasteiger charge is 2.28. The number of aliphatic hydroxyl groups excluding tert-OH is 1. The van der Waals surface area contributed by atoms with E-state index in [1.54, 1.807) is 0 Å². The van der Waals surface area contributed by atoms with Crippen LogP contribution in [-0.4, -0.2) is 11.7 Å². The van der Waals surface area contributed by atoms with Gasteiger partial charge in [-0.1, -0.05) is 0 Å². The summed E-state index contributed by atoms with van der Waals surface area (Å²) >= 11 is 0. The number of aliphatic hydroxyl groups is 1. The van der Waals surface area contributed by atoms with Crippen molar-refractivity contribution in [3.05, 3.63) is 34.6 Å². The van der Waals surface area contributed by atoms with E-state index < -0.39 is 47.3 Å². The number of hydrogen-bond donors (Lipinski definition) is 2. The highest BCUT2D eigenvalue weighted by Crippen LogP contribution is 2.27. The summed E-state index contributed by atoms with van der Waals surface area (Å²) in [7, 11) is 0. The molecule has 0 heterocycles. The van der Waals surface area contributed by atoms with Crippen LogP contribution in [0.2, 0.25) is 0 Å². The second-order valence-electron chi connectivity index (χ2n) is 3.10. The molecule has 16 heavy (non-hydrogen) atoms. The number of rotatable bonds is 3. The maximum atomic E-state index is 13.1. The van der Waals surface area contributed by atoms with Gasteiger partial charge in [-0.25, -0.2) is 22.0 Å². The van der Waals surface area contributed by atoms with Crippen LogP contribution >= 0.6 is 0 Å². The molecule has 3 N–H and O–H groups in total. The molecule has 90 valence electrons. The molecule has 1 rings (SSSR count). The van der Waals surface area contributed by atoms with Gasteiger partial charge in [0.1, 0.15) is 0 Å². The molecule has 0 amide bonds. The Bertz CT molecular complexity index is 380. The average molecular weight is 241 g/mol. The second-order valence-corrected chi connectivity index (χ2v) is 3.10. The van der Waals surface area contributed by atoms with Crippen LogP contribution in [-0.2, 0) is 0 Å². The second kappa shape index (κ2) is 4.75. The van der Waals surface area contributed by atoms with Gasteiger partial charge in [0, 0.05) is 18.2 Å². The van der Waals surface area contributed by atoms with Crippen LogP contribution in [0, 0.1) is 29.1 Å². The highest BCUT2D eigenvalue weighted by molar-refractivity contribution is 5.26. The summed E-state index contributed by atoms with van der Waals surface area (Å²) in [4.78, 5) is 0. The summed E-state index contributed by atoms with van der Waals surface area (Å²) < 4.78 is 64.3. The van der Waals surface area contributed by atoms with Crippen molar-refractivity contribution in [1.82, 2.24) is 0 Å². The summed E-state index contributed by atoms with van der Waals surface area (Å²) in [5, 5.41) is 8.49. The van der Waals surface area contributed by atoms with Crippen LogP contribution in [0.5, 0.6) is 0 Å². The van der Waals surface area contributed by atoms with Gasteiger partial charge < -0.3 is 10.8 Å². The Labute approximate surface area is 87.5 Å². The third-order valence-corrected chi connectivity index (χ3v) is 2.05. The number of hydrogen-bond acceptors (Lipinski definition) is 2. The zero-order chi connectivity index (χ0) is 12.5. The summed E-state index contributed by atoms with van der Waals surface area (Å²) in [5.74, 6) is -10.2. The molecule has 1 aromatic carbocycles. The molecule has 0 aliphatic heterocycles. The van der Waals surface area contributed by atoms with Gasteiger partial charge in [-0.2, -0.15) is 0 Å². The molecule has 7 heteroatoms. The van der Waals surface area contributed by atoms with Crippen molar-refractivity contribution in [2.45, 2.75) is 12.5 Å². The molecule has 1 atom stereocenters. The largest absolute Gasteiger partial charge is 0.396 e. The smallest absolute Gasteiger partial charge is 0.200 e. The summed E-state index contributed by atoms with van der Waals surface area (Å²) in [6.45, 7) is -0.527. The number of benzene rings is 1. The van der Waals surface area contributed by atoms with Gasteiger partial charge in [-0.3, -0.25) is 0 Å². The molecule has 0 radical (unpaired) electrons. The molecule has 0 aromatic heterocycles. The molecular weight excluding hydrogens is 233 g/mol.